The minimum Gasteiger partial charge on any atom is -0.297 e. The van der Waals surface area contributed by atoms with Crippen LogP contribution in [0, 0.1) is 0 Å². The van der Waals surface area contributed by atoms with Crippen LogP contribution in [0.25, 0.3) is 6.08 Å². The van der Waals surface area contributed by atoms with Gasteiger partial charge in [0.15, 0.2) is 0 Å². The Hall–Kier alpha value is -1.90. The van der Waals surface area contributed by atoms with Gasteiger partial charge < -0.3 is 0 Å². The molecule has 0 unspecified atom stereocenters. The Morgan fingerprint density at radius 2 is 1.56 bits per heavy atom. The summed E-state index contributed by atoms with van der Waals surface area (Å²) in [5.74, 6) is 0. The van der Waals surface area contributed by atoms with Crippen LogP contribution in [0.2, 0.25) is 0 Å². The monoisotopic (exact) mass is 239 g/mol. The lowest BCUT2D eigenvalue weighted by molar-refractivity contribution is 0.0580. The van der Waals surface area contributed by atoms with Gasteiger partial charge in [-0.15, -0.1) is 0 Å². The maximum Gasteiger partial charge on any atom is 0.0867 e. The molecule has 0 spiro atoms. The van der Waals surface area contributed by atoms with E-state index < -0.39 is 0 Å². The van der Waals surface area contributed by atoms with Crippen molar-refractivity contribution in [2.24, 2.45) is 0 Å². The summed E-state index contributed by atoms with van der Waals surface area (Å²) in [6, 6.07) is 20.4. The van der Waals surface area contributed by atoms with Crippen molar-refractivity contribution in [3.8, 4) is 0 Å². The van der Waals surface area contributed by atoms with Gasteiger partial charge in [0, 0.05) is 6.54 Å². The average molecular weight is 239 g/mol. The number of hydrogen-bond acceptors (Lipinski definition) is 2. The van der Waals surface area contributed by atoms with Gasteiger partial charge in [0.05, 0.1) is 6.61 Å². The molecule has 0 saturated heterocycles. The Labute approximate surface area is 108 Å². The smallest absolute Gasteiger partial charge is 0.0867 e. The number of benzene rings is 2. The molecule has 2 rings (SSSR count). The summed E-state index contributed by atoms with van der Waals surface area (Å²) in [6.45, 7) is 1.28. The molecule has 0 bridgehead atoms. The van der Waals surface area contributed by atoms with E-state index in [1.165, 1.54) is 11.1 Å². The SMILES string of the molecule is C(=C/c1ccccc1)/CONCc1ccccc1. The average Bonchev–Trinajstić information content (AvgIpc) is 2.45. The summed E-state index contributed by atoms with van der Waals surface area (Å²) < 4.78 is 0. The maximum absolute atomic E-state index is 5.32. The van der Waals surface area contributed by atoms with E-state index in [1.807, 2.05) is 48.6 Å². The summed E-state index contributed by atoms with van der Waals surface area (Å²) in [6.07, 6.45) is 4.04. The predicted molar refractivity (Wildman–Crippen MR) is 74.7 cm³/mol. The molecule has 18 heavy (non-hydrogen) atoms. The minimum absolute atomic E-state index is 0.557. The molecule has 2 aromatic rings. The minimum atomic E-state index is 0.557. The Kier molecular flexibility index (Phi) is 5.18. The molecule has 0 fully saturated rings. The van der Waals surface area contributed by atoms with Crippen molar-refractivity contribution in [1.82, 2.24) is 5.48 Å². The molecular weight excluding hydrogens is 222 g/mol. The highest BCUT2D eigenvalue weighted by Gasteiger charge is 1.89. The van der Waals surface area contributed by atoms with Crippen molar-refractivity contribution in [2.45, 2.75) is 6.54 Å². The fourth-order valence-corrected chi connectivity index (χ4v) is 1.59. The number of rotatable bonds is 6. The molecule has 0 aliphatic heterocycles. The Morgan fingerprint density at radius 3 is 2.28 bits per heavy atom. The van der Waals surface area contributed by atoms with Crippen LogP contribution in [-0.2, 0) is 11.4 Å². The molecule has 0 atom stereocenters. The molecule has 1 N–H and O–H groups in total. The van der Waals surface area contributed by atoms with Crippen LogP contribution in [0.3, 0.4) is 0 Å². The highest BCUT2D eigenvalue weighted by molar-refractivity contribution is 5.48. The van der Waals surface area contributed by atoms with E-state index >= 15 is 0 Å². The molecule has 0 saturated carbocycles. The molecule has 92 valence electrons. The van der Waals surface area contributed by atoms with E-state index in [2.05, 4.69) is 29.7 Å². The second-order valence-corrected chi connectivity index (χ2v) is 3.93. The third-order valence-electron chi connectivity index (χ3n) is 2.51. The first-order valence-electron chi connectivity index (χ1n) is 6.05. The molecular formula is C16H17NO. The van der Waals surface area contributed by atoms with Crippen molar-refractivity contribution in [3.63, 3.8) is 0 Å². The Morgan fingerprint density at radius 1 is 0.889 bits per heavy atom. The van der Waals surface area contributed by atoms with E-state index in [1.54, 1.807) is 0 Å². The molecule has 0 heterocycles. The quantitative estimate of drug-likeness (QED) is 0.616. The number of nitrogens with one attached hydrogen (secondary N) is 1. The molecule has 0 amide bonds. The zero-order valence-electron chi connectivity index (χ0n) is 10.3. The Balaban J connectivity index is 1.63. The van der Waals surface area contributed by atoms with Gasteiger partial charge in [-0.05, 0) is 11.1 Å². The summed E-state index contributed by atoms with van der Waals surface area (Å²) in [5, 5.41) is 0. The van der Waals surface area contributed by atoms with Gasteiger partial charge in [-0.1, -0.05) is 72.8 Å². The normalized spacial score (nSPS) is 10.9. The van der Waals surface area contributed by atoms with E-state index in [9.17, 15) is 0 Å². The van der Waals surface area contributed by atoms with Crippen LogP contribution < -0.4 is 5.48 Å². The maximum atomic E-state index is 5.32. The zero-order valence-corrected chi connectivity index (χ0v) is 10.3. The zero-order chi connectivity index (χ0) is 12.5. The standard InChI is InChI=1S/C16H17NO/c1-3-8-15(9-4-1)12-7-13-18-17-14-16-10-5-2-6-11-16/h1-12,17H,13-14H2/b12-7-. The van der Waals surface area contributed by atoms with Gasteiger partial charge in [0.2, 0.25) is 0 Å². The van der Waals surface area contributed by atoms with Crippen LogP contribution in [0.1, 0.15) is 11.1 Å². The number of hydroxylamine groups is 1. The van der Waals surface area contributed by atoms with Crippen molar-refractivity contribution in [3.05, 3.63) is 77.9 Å². The van der Waals surface area contributed by atoms with Crippen molar-refractivity contribution in [2.75, 3.05) is 6.61 Å². The highest BCUT2D eigenvalue weighted by Crippen LogP contribution is 2.00. The molecule has 0 aliphatic carbocycles. The molecule has 0 radical (unpaired) electrons. The lowest BCUT2D eigenvalue weighted by atomic mass is 10.2. The van der Waals surface area contributed by atoms with Crippen molar-refractivity contribution >= 4 is 6.08 Å². The fourth-order valence-electron chi connectivity index (χ4n) is 1.59. The molecule has 2 aromatic carbocycles. The van der Waals surface area contributed by atoms with Gasteiger partial charge >= 0.3 is 0 Å². The third-order valence-corrected chi connectivity index (χ3v) is 2.51. The van der Waals surface area contributed by atoms with Gasteiger partial charge in [-0.25, -0.2) is 0 Å². The number of hydrogen-bond donors (Lipinski definition) is 1. The van der Waals surface area contributed by atoms with Crippen LogP contribution >= 0.6 is 0 Å². The van der Waals surface area contributed by atoms with Crippen LogP contribution in [-0.4, -0.2) is 6.61 Å². The topological polar surface area (TPSA) is 21.3 Å². The van der Waals surface area contributed by atoms with Gasteiger partial charge in [0.25, 0.3) is 0 Å². The molecule has 2 nitrogen and oxygen atoms in total. The molecule has 0 aliphatic rings. The summed E-state index contributed by atoms with van der Waals surface area (Å²) in [5.41, 5.74) is 5.33. The lowest BCUT2D eigenvalue weighted by Gasteiger charge is -2.03. The van der Waals surface area contributed by atoms with E-state index in [-0.39, 0.29) is 0 Å². The van der Waals surface area contributed by atoms with E-state index in [0.717, 1.165) is 6.54 Å². The largest absolute Gasteiger partial charge is 0.297 e. The summed E-state index contributed by atoms with van der Waals surface area (Å²) >= 11 is 0. The first kappa shape index (κ1) is 12.6. The summed E-state index contributed by atoms with van der Waals surface area (Å²) in [4.78, 5) is 5.32. The first-order valence-corrected chi connectivity index (χ1v) is 6.05. The molecule has 0 aromatic heterocycles. The van der Waals surface area contributed by atoms with Gasteiger partial charge in [0.1, 0.15) is 0 Å². The second-order valence-electron chi connectivity index (χ2n) is 3.93. The van der Waals surface area contributed by atoms with Crippen LogP contribution in [0.5, 0.6) is 0 Å². The molecule has 2 heteroatoms. The lowest BCUT2D eigenvalue weighted by Crippen LogP contribution is -2.13. The van der Waals surface area contributed by atoms with E-state index in [0.29, 0.717) is 6.61 Å². The Bertz CT molecular complexity index is 465. The second kappa shape index (κ2) is 7.43. The van der Waals surface area contributed by atoms with Crippen molar-refractivity contribution in [1.29, 1.82) is 0 Å². The van der Waals surface area contributed by atoms with Gasteiger partial charge in [-0.2, -0.15) is 5.48 Å². The van der Waals surface area contributed by atoms with Crippen LogP contribution in [0.4, 0.5) is 0 Å². The van der Waals surface area contributed by atoms with E-state index in [4.69, 9.17) is 4.84 Å². The fraction of sp³-hybridized carbons (Fsp3) is 0.125. The highest BCUT2D eigenvalue weighted by atomic mass is 16.6. The third kappa shape index (κ3) is 4.53. The first-order chi connectivity index (χ1) is 8.95. The van der Waals surface area contributed by atoms with Crippen LogP contribution in [0.15, 0.2) is 66.7 Å². The predicted octanol–water partition coefficient (Wildman–Crippen LogP) is 3.42. The van der Waals surface area contributed by atoms with Gasteiger partial charge in [-0.3, -0.25) is 4.84 Å². The summed E-state index contributed by atoms with van der Waals surface area (Å²) in [7, 11) is 0. The van der Waals surface area contributed by atoms with Crippen molar-refractivity contribution < 1.29 is 4.84 Å².